The summed E-state index contributed by atoms with van der Waals surface area (Å²) >= 11 is 1.20. The van der Waals surface area contributed by atoms with Crippen molar-refractivity contribution in [1.82, 2.24) is 5.32 Å². The lowest BCUT2D eigenvalue weighted by Gasteiger charge is -1.96. The summed E-state index contributed by atoms with van der Waals surface area (Å²) in [6.07, 6.45) is 3.30. The van der Waals surface area contributed by atoms with Gasteiger partial charge < -0.3 is 14.6 Å². The Labute approximate surface area is 153 Å². The number of phenols is 1. The van der Waals surface area contributed by atoms with Crippen LogP contribution in [0.1, 0.15) is 11.1 Å². The van der Waals surface area contributed by atoms with Crippen molar-refractivity contribution in [2.45, 2.75) is 0 Å². The van der Waals surface area contributed by atoms with Crippen LogP contribution in [0.25, 0.3) is 6.08 Å². The van der Waals surface area contributed by atoms with Crippen molar-refractivity contribution < 1.29 is 19.4 Å². The first-order valence-electron chi connectivity index (χ1n) is 7.68. The number of carbonyl (C=O) groups is 1. The Hall–Kier alpha value is -3.26. The first-order valence-corrected chi connectivity index (χ1v) is 8.50. The molecule has 0 spiro atoms. The molecule has 1 amide bonds. The van der Waals surface area contributed by atoms with Gasteiger partial charge in [-0.3, -0.25) is 10.1 Å². The van der Waals surface area contributed by atoms with Gasteiger partial charge in [0.2, 0.25) is 6.79 Å². The number of nitrogens with one attached hydrogen (secondary N) is 1. The van der Waals surface area contributed by atoms with Gasteiger partial charge >= 0.3 is 0 Å². The Morgan fingerprint density at radius 1 is 1.08 bits per heavy atom. The van der Waals surface area contributed by atoms with Crippen LogP contribution in [0.2, 0.25) is 0 Å². The van der Waals surface area contributed by atoms with Crippen molar-refractivity contribution in [2.24, 2.45) is 10.2 Å². The number of nitrogens with zero attached hydrogens (tertiary/aromatic N) is 2. The molecule has 130 valence electrons. The van der Waals surface area contributed by atoms with Gasteiger partial charge in [0.1, 0.15) is 5.75 Å². The number of ether oxygens (including phenoxy) is 2. The maximum Gasteiger partial charge on any atom is 0.264 e. The van der Waals surface area contributed by atoms with Crippen LogP contribution in [0.3, 0.4) is 0 Å². The number of thioether (sulfide) groups is 1. The van der Waals surface area contributed by atoms with E-state index in [1.54, 1.807) is 42.6 Å². The van der Waals surface area contributed by atoms with E-state index in [0.717, 1.165) is 11.1 Å². The molecule has 0 bridgehead atoms. The standard InChI is InChI=1S/C18H13N3O4S/c22-13-4-1-11(2-5-13)8-16-17(23)20-18(26-16)21-19-9-12-3-6-14-15(7-12)25-10-24-14/h1-9,22H,10H2,(H,20,21,23). The molecule has 2 aliphatic heterocycles. The van der Waals surface area contributed by atoms with Gasteiger partial charge in [0, 0.05) is 0 Å². The minimum atomic E-state index is -0.236. The van der Waals surface area contributed by atoms with Crippen LogP contribution >= 0.6 is 11.8 Å². The highest BCUT2D eigenvalue weighted by atomic mass is 32.2. The molecule has 0 atom stereocenters. The van der Waals surface area contributed by atoms with Crippen molar-refractivity contribution in [3.05, 3.63) is 58.5 Å². The maximum absolute atomic E-state index is 12.0. The molecule has 1 fully saturated rings. The maximum atomic E-state index is 12.0. The summed E-state index contributed by atoms with van der Waals surface area (Å²) in [4.78, 5) is 12.5. The van der Waals surface area contributed by atoms with Gasteiger partial charge in [-0.2, -0.15) is 5.10 Å². The third-order valence-electron chi connectivity index (χ3n) is 3.59. The van der Waals surface area contributed by atoms with Crippen LogP contribution in [0.5, 0.6) is 17.2 Å². The predicted octanol–water partition coefficient (Wildman–Crippen LogP) is 2.71. The quantitative estimate of drug-likeness (QED) is 0.494. The molecule has 8 heteroatoms. The summed E-state index contributed by atoms with van der Waals surface area (Å²) in [5, 5.41) is 20.4. The zero-order valence-corrected chi connectivity index (χ0v) is 14.2. The number of hydrogen-bond donors (Lipinski definition) is 2. The lowest BCUT2D eigenvalue weighted by Crippen LogP contribution is -2.19. The molecule has 2 heterocycles. The van der Waals surface area contributed by atoms with E-state index in [-0.39, 0.29) is 18.4 Å². The molecular formula is C18H13N3O4S. The Balaban J connectivity index is 1.45. The lowest BCUT2D eigenvalue weighted by atomic mass is 10.2. The molecule has 2 aromatic carbocycles. The monoisotopic (exact) mass is 367 g/mol. The Bertz CT molecular complexity index is 951. The normalized spacial score (nSPS) is 18.8. The van der Waals surface area contributed by atoms with Crippen LogP contribution in [0, 0.1) is 0 Å². The third-order valence-corrected chi connectivity index (χ3v) is 4.49. The van der Waals surface area contributed by atoms with Crippen LogP contribution in [0.4, 0.5) is 0 Å². The fourth-order valence-electron chi connectivity index (χ4n) is 2.34. The molecule has 0 aromatic heterocycles. The summed E-state index contributed by atoms with van der Waals surface area (Å²) in [6.45, 7) is 0.219. The van der Waals surface area contributed by atoms with Crippen molar-refractivity contribution in [3.63, 3.8) is 0 Å². The van der Waals surface area contributed by atoms with Gasteiger partial charge in [0.15, 0.2) is 16.7 Å². The molecule has 1 saturated heterocycles. The average Bonchev–Trinajstić information content (AvgIpc) is 3.23. The van der Waals surface area contributed by atoms with Gasteiger partial charge in [0.25, 0.3) is 5.91 Å². The zero-order valence-electron chi connectivity index (χ0n) is 13.4. The average molecular weight is 367 g/mol. The highest BCUT2D eigenvalue weighted by Gasteiger charge is 2.23. The Morgan fingerprint density at radius 2 is 1.85 bits per heavy atom. The summed E-state index contributed by atoms with van der Waals surface area (Å²) in [5.74, 6) is 1.32. The third kappa shape index (κ3) is 3.55. The first-order chi connectivity index (χ1) is 12.7. The fourth-order valence-corrected chi connectivity index (χ4v) is 3.12. The fraction of sp³-hybridized carbons (Fsp3) is 0.0556. The van der Waals surface area contributed by atoms with Crippen LogP contribution in [0.15, 0.2) is 57.6 Å². The number of aromatic hydroxyl groups is 1. The smallest absolute Gasteiger partial charge is 0.264 e. The molecule has 2 aliphatic rings. The second-order valence-electron chi connectivity index (χ2n) is 5.42. The molecule has 2 N–H and O–H groups in total. The van der Waals surface area contributed by atoms with E-state index < -0.39 is 0 Å². The molecule has 7 nitrogen and oxygen atoms in total. The van der Waals surface area contributed by atoms with Crippen molar-refractivity contribution in [3.8, 4) is 17.2 Å². The van der Waals surface area contributed by atoms with E-state index in [1.165, 1.54) is 11.8 Å². The Kier molecular flexibility index (Phi) is 4.32. The molecule has 0 unspecified atom stereocenters. The number of phenolic OH excluding ortho intramolecular Hbond substituents is 1. The molecule has 26 heavy (non-hydrogen) atoms. The van der Waals surface area contributed by atoms with Gasteiger partial charge in [-0.25, -0.2) is 0 Å². The van der Waals surface area contributed by atoms with Crippen LogP contribution < -0.4 is 14.8 Å². The Morgan fingerprint density at radius 3 is 2.69 bits per heavy atom. The second kappa shape index (κ2) is 6.93. The van der Waals surface area contributed by atoms with E-state index in [4.69, 9.17) is 9.47 Å². The number of rotatable bonds is 3. The van der Waals surface area contributed by atoms with E-state index >= 15 is 0 Å². The van der Waals surface area contributed by atoms with E-state index in [0.29, 0.717) is 21.6 Å². The number of amidine groups is 1. The largest absolute Gasteiger partial charge is 0.508 e. The number of amides is 1. The van der Waals surface area contributed by atoms with Gasteiger partial charge in [0.05, 0.1) is 11.1 Å². The highest BCUT2D eigenvalue weighted by molar-refractivity contribution is 8.18. The lowest BCUT2D eigenvalue weighted by molar-refractivity contribution is -0.115. The van der Waals surface area contributed by atoms with Crippen molar-refractivity contribution in [2.75, 3.05) is 6.79 Å². The molecule has 0 aliphatic carbocycles. The van der Waals surface area contributed by atoms with Gasteiger partial charge in [-0.1, -0.05) is 12.1 Å². The van der Waals surface area contributed by atoms with E-state index in [1.807, 2.05) is 12.1 Å². The molecule has 4 rings (SSSR count). The second-order valence-corrected chi connectivity index (χ2v) is 6.45. The predicted molar refractivity (Wildman–Crippen MR) is 99.4 cm³/mol. The van der Waals surface area contributed by atoms with Crippen LogP contribution in [-0.4, -0.2) is 29.2 Å². The van der Waals surface area contributed by atoms with E-state index in [9.17, 15) is 9.90 Å². The zero-order chi connectivity index (χ0) is 17.9. The summed E-state index contributed by atoms with van der Waals surface area (Å²) in [6, 6.07) is 12.0. The summed E-state index contributed by atoms with van der Waals surface area (Å²) in [7, 11) is 0. The highest BCUT2D eigenvalue weighted by Crippen LogP contribution is 2.32. The van der Waals surface area contributed by atoms with Crippen molar-refractivity contribution >= 4 is 35.1 Å². The summed E-state index contributed by atoms with van der Waals surface area (Å²) in [5.41, 5.74) is 1.62. The number of benzene rings is 2. The van der Waals surface area contributed by atoms with Crippen molar-refractivity contribution in [1.29, 1.82) is 0 Å². The number of fused-ring (bicyclic) bond motifs is 1. The SMILES string of the molecule is O=C1NC(=NN=Cc2ccc3c(c2)OCO3)SC1=Cc1ccc(O)cc1. The van der Waals surface area contributed by atoms with Gasteiger partial charge in [-0.05, 0) is 59.3 Å². The van der Waals surface area contributed by atoms with Crippen LogP contribution in [-0.2, 0) is 4.79 Å². The number of carbonyl (C=O) groups excluding carboxylic acids is 1. The molecular weight excluding hydrogens is 354 g/mol. The minimum absolute atomic E-state index is 0.177. The van der Waals surface area contributed by atoms with Gasteiger partial charge in [-0.15, -0.1) is 5.10 Å². The molecule has 0 radical (unpaired) electrons. The first kappa shape index (κ1) is 16.2. The van der Waals surface area contributed by atoms with E-state index in [2.05, 4.69) is 15.5 Å². The summed E-state index contributed by atoms with van der Waals surface area (Å²) < 4.78 is 10.6. The molecule has 2 aromatic rings. The number of hydrogen-bond acceptors (Lipinski definition) is 7. The topological polar surface area (TPSA) is 92.5 Å². The molecule has 0 saturated carbocycles. The minimum Gasteiger partial charge on any atom is -0.508 e.